The Labute approximate surface area is 175 Å². The lowest BCUT2D eigenvalue weighted by Crippen LogP contribution is -2.36. The summed E-state index contributed by atoms with van der Waals surface area (Å²) in [6.07, 6.45) is 4.25. The molecule has 1 aliphatic carbocycles. The molecule has 3 aromatic rings. The van der Waals surface area contributed by atoms with E-state index < -0.39 is 0 Å². The van der Waals surface area contributed by atoms with Gasteiger partial charge in [-0.2, -0.15) is 0 Å². The summed E-state index contributed by atoms with van der Waals surface area (Å²) in [5.74, 6) is 3.04. The molecule has 1 fully saturated rings. The number of rotatable bonds is 8. The second kappa shape index (κ2) is 9.13. The molecule has 0 bridgehead atoms. The average molecular weight is 411 g/mol. The van der Waals surface area contributed by atoms with Gasteiger partial charge < -0.3 is 19.8 Å². The van der Waals surface area contributed by atoms with E-state index in [0.29, 0.717) is 24.9 Å². The number of nitrogens with zero attached hydrogens (tertiary/aromatic N) is 2. The minimum absolute atomic E-state index is 0.535. The van der Waals surface area contributed by atoms with E-state index in [1.165, 1.54) is 18.4 Å². The Morgan fingerprint density at radius 1 is 1.28 bits per heavy atom. The van der Waals surface area contributed by atoms with Gasteiger partial charge in [0.25, 0.3) is 0 Å². The van der Waals surface area contributed by atoms with Crippen molar-refractivity contribution in [2.24, 2.45) is 10.9 Å². The predicted octanol–water partition coefficient (Wildman–Crippen LogP) is 4.37. The summed E-state index contributed by atoms with van der Waals surface area (Å²) in [7, 11) is 1.76. The van der Waals surface area contributed by atoms with Gasteiger partial charge in [-0.3, -0.25) is 4.99 Å². The number of aryl methyl sites for hydroxylation is 1. The van der Waals surface area contributed by atoms with Gasteiger partial charge in [-0.15, -0.1) is 11.3 Å². The van der Waals surface area contributed by atoms with Crippen LogP contribution in [0.15, 0.2) is 51.4 Å². The van der Waals surface area contributed by atoms with Crippen LogP contribution < -0.4 is 15.4 Å². The summed E-state index contributed by atoms with van der Waals surface area (Å²) in [5, 5.41) is 8.65. The van der Waals surface area contributed by atoms with Crippen LogP contribution in [0.2, 0.25) is 0 Å². The predicted molar refractivity (Wildman–Crippen MR) is 116 cm³/mol. The molecule has 0 atom stereocenters. The Morgan fingerprint density at radius 2 is 2.14 bits per heavy atom. The van der Waals surface area contributed by atoms with E-state index in [1.54, 1.807) is 24.6 Å². The molecule has 6 nitrogen and oxygen atoms in total. The zero-order valence-corrected chi connectivity index (χ0v) is 17.6. The molecule has 2 aromatic heterocycles. The van der Waals surface area contributed by atoms with E-state index in [-0.39, 0.29) is 0 Å². The van der Waals surface area contributed by atoms with Crippen LogP contribution >= 0.6 is 11.3 Å². The molecule has 0 radical (unpaired) electrons. The van der Waals surface area contributed by atoms with E-state index in [1.807, 2.05) is 17.5 Å². The van der Waals surface area contributed by atoms with Crippen LogP contribution in [0.4, 0.5) is 0 Å². The number of hydrogen-bond donors (Lipinski definition) is 2. The second-order valence-corrected chi connectivity index (χ2v) is 8.21. The highest BCUT2D eigenvalue weighted by Gasteiger charge is 2.22. The van der Waals surface area contributed by atoms with Gasteiger partial charge in [0.05, 0.1) is 23.7 Å². The van der Waals surface area contributed by atoms with Crippen molar-refractivity contribution >= 4 is 17.3 Å². The number of hydrogen-bond acceptors (Lipinski definition) is 5. The first kappa shape index (κ1) is 19.5. The monoisotopic (exact) mass is 410 g/mol. The minimum Gasteiger partial charge on any atom is -0.493 e. The van der Waals surface area contributed by atoms with Crippen LogP contribution in [0.5, 0.6) is 5.75 Å². The number of aliphatic imine (C=N–C) groups is 1. The maximum atomic E-state index is 6.05. The molecule has 1 aromatic carbocycles. The van der Waals surface area contributed by atoms with Crippen LogP contribution in [0.3, 0.4) is 0 Å². The van der Waals surface area contributed by atoms with Crippen molar-refractivity contribution in [3.63, 3.8) is 0 Å². The van der Waals surface area contributed by atoms with Crippen molar-refractivity contribution in [3.05, 3.63) is 58.8 Å². The van der Waals surface area contributed by atoms with Gasteiger partial charge in [-0.05, 0) is 48.8 Å². The van der Waals surface area contributed by atoms with Crippen LogP contribution in [0, 0.1) is 12.8 Å². The fourth-order valence-corrected chi connectivity index (χ4v) is 3.57. The molecule has 0 saturated heterocycles. The topological polar surface area (TPSA) is 71.7 Å². The van der Waals surface area contributed by atoms with Crippen molar-refractivity contribution in [3.8, 4) is 16.5 Å². The van der Waals surface area contributed by atoms with Gasteiger partial charge in [0.2, 0.25) is 5.89 Å². The minimum atomic E-state index is 0.535. The third kappa shape index (κ3) is 5.38. The van der Waals surface area contributed by atoms with Crippen molar-refractivity contribution in [1.29, 1.82) is 0 Å². The van der Waals surface area contributed by atoms with Crippen molar-refractivity contribution in [1.82, 2.24) is 15.6 Å². The number of guanidine groups is 1. The molecule has 0 spiro atoms. The molecule has 7 heteroatoms. The second-order valence-electron chi connectivity index (χ2n) is 7.27. The molecular formula is C22H26N4O2S. The summed E-state index contributed by atoms with van der Waals surface area (Å²) in [5.41, 5.74) is 3.16. The zero-order valence-electron chi connectivity index (χ0n) is 16.8. The summed E-state index contributed by atoms with van der Waals surface area (Å²) >= 11 is 1.61. The summed E-state index contributed by atoms with van der Waals surface area (Å²) in [6.45, 7) is 4.07. The number of ether oxygens (including phenoxy) is 1. The lowest BCUT2D eigenvalue weighted by atomic mass is 10.1. The maximum Gasteiger partial charge on any atom is 0.236 e. The van der Waals surface area contributed by atoms with Gasteiger partial charge in [0.15, 0.2) is 5.96 Å². The first-order valence-electron chi connectivity index (χ1n) is 9.86. The molecule has 1 saturated carbocycles. The summed E-state index contributed by atoms with van der Waals surface area (Å²) in [4.78, 5) is 9.85. The highest BCUT2D eigenvalue weighted by Crippen LogP contribution is 2.30. The fourth-order valence-electron chi connectivity index (χ4n) is 2.91. The third-order valence-electron chi connectivity index (χ3n) is 4.78. The molecular weight excluding hydrogens is 384 g/mol. The van der Waals surface area contributed by atoms with Gasteiger partial charge in [0, 0.05) is 19.2 Å². The normalized spacial score (nSPS) is 14.1. The Balaban J connectivity index is 1.31. The molecule has 29 heavy (non-hydrogen) atoms. The zero-order chi connectivity index (χ0) is 20.1. The number of benzene rings is 1. The Kier molecular flexibility index (Phi) is 6.14. The van der Waals surface area contributed by atoms with E-state index in [0.717, 1.165) is 34.4 Å². The lowest BCUT2D eigenvalue weighted by molar-refractivity contribution is 0.296. The van der Waals surface area contributed by atoms with Gasteiger partial charge in [-0.1, -0.05) is 18.2 Å². The van der Waals surface area contributed by atoms with Crippen LogP contribution in [0.25, 0.3) is 10.8 Å². The first-order valence-corrected chi connectivity index (χ1v) is 10.7. The standard InChI is InChI=1S/C22H26N4O2S/c1-15-5-8-17(19(10-15)27-13-16-6-7-16)11-24-22(23-2)25-12-18-14-28-21(26-18)20-4-3-9-29-20/h3-5,8-10,14,16H,6-7,11-13H2,1-2H3,(H2,23,24,25). The van der Waals surface area contributed by atoms with E-state index >= 15 is 0 Å². The van der Waals surface area contributed by atoms with E-state index in [4.69, 9.17) is 9.15 Å². The van der Waals surface area contributed by atoms with Gasteiger partial charge in [-0.25, -0.2) is 4.98 Å². The van der Waals surface area contributed by atoms with Crippen molar-refractivity contribution in [2.75, 3.05) is 13.7 Å². The Hall–Kier alpha value is -2.80. The third-order valence-corrected chi connectivity index (χ3v) is 5.64. The summed E-state index contributed by atoms with van der Waals surface area (Å²) < 4.78 is 11.6. The number of aromatic nitrogens is 1. The smallest absolute Gasteiger partial charge is 0.236 e. The SMILES string of the molecule is CN=C(NCc1coc(-c2cccs2)n1)NCc1ccc(C)cc1OCC1CC1. The Bertz CT molecular complexity index is 961. The number of nitrogens with one attached hydrogen (secondary N) is 2. The van der Waals surface area contributed by atoms with Crippen molar-refractivity contribution in [2.45, 2.75) is 32.9 Å². The molecule has 152 valence electrons. The van der Waals surface area contributed by atoms with E-state index in [2.05, 4.69) is 45.7 Å². The quantitative estimate of drug-likeness (QED) is 0.426. The molecule has 2 N–H and O–H groups in total. The van der Waals surface area contributed by atoms with Crippen LogP contribution in [-0.4, -0.2) is 24.6 Å². The Morgan fingerprint density at radius 3 is 2.90 bits per heavy atom. The highest BCUT2D eigenvalue weighted by molar-refractivity contribution is 7.13. The molecule has 4 rings (SSSR count). The van der Waals surface area contributed by atoms with Gasteiger partial charge >= 0.3 is 0 Å². The fraction of sp³-hybridized carbons (Fsp3) is 0.364. The van der Waals surface area contributed by atoms with Crippen LogP contribution in [-0.2, 0) is 13.1 Å². The van der Waals surface area contributed by atoms with E-state index in [9.17, 15) is 0 Å². The maximum absolute atomic E-state index is 6.05. The molecule has 1 aliphatic rings. The highest BCUT2D eigenvalue weighted by atomic mass is 32.1. The average Bonchev–Trinajstić information content (AvgIpc) is 3.18. The molecule has 2 heterocycles. The molecule has 0 unspecified atom stereocenters. The van der Waals surface area contributed by atoms with Crippen LogP contribution in [0.1, 0.15) is 29.7 Å². The number of thiophene rings is 1. The lowest BCUT2D eigenvalue weighted by Gasteiger charge is -2.15. The first-order chi connectivity index (χ1) is 14.2. The van der Waals surface area contributed by atoms with Crippen molar-refractivity contribution < 1.29 is 9.15 Å². The van der Waals surface area contributed by atoms with Gasteiger partial charge in [0.1, 0.15) is 12.0 Å². The largest absolute Gasteiger partial charge is 0.493 e. The summed E-state index contributed by atoms with van der Waals surface area (Å²) in [6, 6.07) is 10.3. The molecule has 0 amide bonds. The molecule has 0 aliphatic heterocycles. The number of oxazole rings is 1.